The smallest absolute Gasteiger partial charge is 0.310 e. The van der Waals surface area contributed by atoms with Gasteiger partial charge in [0.05, 0.1) is 26.7 Å². The molecular formula is C21H34IN3O4. The van der Waals surface area contributed by atoms with Crippen molar-refractivity contribution >= 4 is 35.9 Å². The minimum atomic E-state index is -0.143. The van der Waals surface area contributed by atoms with E-state index in [2.05, 4.69) is 28.2 Å². The molecule has 0 radical (unpaired) electrons. The molecule has 0 amide bonds. The summed E-state index contributed by atoms with van der Waals surface area (Å²) in [4.78, 5) is 18.4. The normalized spacial score (nSPS) is 18.8. The number of aliphatic imine (C=N–C) groups is 1. The quantitative estimate of drug-likeness (QED) is 0.187. The molecule has 8 heteroatoms. The van der Waals surface area contributed by atoms with Gasteiger partial charge in [0.15, 0.2) is 17.5 Å². The molecule has 0 saturated carbocycles. The summed E-state index contributed by atoms with van der Waals surface area (Å²) in [5, 5.41) is 3.41. The van der Waals surface area contributed by atoms with Gasteiger partial charge >= 0.3 is 5.97 Å². The first-order chi connectivity index (χ1) is 13.5. The van der Waals surface area contributed by atoms with E-state index in [-0.39, 0.29) is 41.8 Å². The average molecular weight is 519 g/mol. The van der Waals surface area contributed by atoms with Crippen LogP contribution in [-0.4, -0.2) is 64.3 Å². The fourth-order valence-corrected chi connectivity index (χ4v) is 3.57. The first kappa shape index (κ1) is 25.3. The zero-order valence-corrected chi connectivity index (χ0v) is 20.4. The van der Waals surface area contributed by atoms with Crippen LogP contribution in [0.5, 0.6) is 11.5 Å². The van der Waals surface area contributed by atoms with E-state index in [1.807, 2.05) is 19.1 Å². The number of halogens is 1. The van der Waals surface area contributed by atoms with Gasteiger partial charge in [-0.15, -0.1) is 24.0 Å². The molecule has 1 aliphatic heterocycles. The van der Waals surface area contributed by atoms with Crippen LogP contribution in [0.2, 0.25) is 0 Å². The number of hydrogen-bond acceptors (Lipinski definition) is 5. The molecule has 0 aromatic heterocycles. The van der Waals surface area contributed by atoms with Crippen molar-refractivity contribution in [2.45, 2.75) is 26.7 Å². The van der Waals surface area contributed by atoms with Crippen molar-refractivity contribution in [3.05, 3.63) is 23.8 Å². The van der Waals surface area contributed by atoms with E-state index < -0.39 is 0 Å². The Kier molecular flexibility index (Phi) is 11.2. The Morgan fingerprint density at radius 1 is 1.28 bits per heavy atom. The molecule has 1 aromatic rings. The van der Waals surface area contributed by atoms with E-state index in [1.165, 1.54) is 12.7 Å². The van der Waals surface area contributed by atoms with E-state index >= 15 is 0 Å². The molecule has 0 bridgehead atoms. The van der Waals surface area contributed by atoms with E-state index in [9.17, 15) is 4.79 Å². The summed E-state index contributed by atoms with van der Waals surface area (Å²) in [6.45, 7) is 6.90. The number of benzene rings is 1. The predicted molar refractivity (Wildman–Crippen MR) is 126 cm³/mol. The van der Waals surface area contributed by atoms with Crippen molar-refractivity contribution in [1.82, 2.24) is 10.2 Å². The third kappa shape index (κ3) is 6.94. The minimum Gasteiger partial charge on any atom is -0.493 e. The van der Waals surface area contributed by atoms with Crippen molar-refractivity contribution < 1.29 is 19.0 Å². The van der Waals surface area contributed by atoms with Crippen molar-refractivity contribution in [1.29, 1.82) is 0 Å². The number of nitrogens with zero attached hydrogens (tertiary/aromatic N) is 2. The van der Waals surface area contributed by atoms with Gasteiger partial charge in [-0.1, -0.05) is 13.0 Å². The Hall–Kier alpha value is -1.71. The number of nitrogens with one attached hydrogen (secondary N) is 1. The largest absolute Gasteiger partial charge is 0.493 e. The number of aryl methyl sites for hydroxylation is 1. The van der Waals surface area contributed by atoms with Crippen LogP contribution in [0.25, 0.3) is 0 Å². The Bertz CT molecular complexity index is 684. The SMILES string of the molecule is CCOc1cc(CCCNC(=NC)N2CC(C)C(C(=O)OC)C2)ccc1OC.I. The number of ether oxygens (including phenoxy) is 3. The highest BCUT2D eigenvalue weighted by Crippen LogP contribution is 2.28. The van der Waals surface area contributed by atoms with E-state index in [1.54, 1.807) is 14.2 Å². The highest BCUT2D eigenvalue weighted by atomic mass is 127. The second-order valence-electron chi connectivity index (χ2n) is 7.01. The third-order valence-corrected chi connectivity index (χ3v) is 5.08. The number of carbonyl (C=O) groups excluding carboxylic acids is 1. The van der Waals surface area contributed by atoms with Crippen molar-refractivity contribution in [3.8, 4) is 11.5 Å². The Morgan fingerprint density at radius 3 is 2.66 bits per heavy atom. The lowest BCUT2D eigenvalue weighted by Gasteiger charge is -2.21. The van der Waals surface area contributed by atoms with Crippen LogP contribution in [0.3, 0.4) is 0 Å². The molecule has 1 fully saturated rings. The minimum absolute atomic E-state index is 0. The van der Waals surface area contributed by atoms with Gasteiger partial charge in [-0.25, -0.2) is 0 Å². The molecule has 164 valence electrons. The zero-order valence-electron chi connectivity index (χ0n) is 18.1. The summed E-state index contributed by atoms with van der Waals surface area (Å²) in [5.41, 5.74) is 1.21. The van der Waals surface area contributed by atoms with Gasteiger partial charge < -0.3 is 24.4 Å². The van der Waals surface area contributed by atoms with E-state index in [0.717, 1.165) is 43.4 Å². The molecule has 0 spiro atoms. The van der Waals surface area contributed by atoms with Crippen molar-refractivity contribution in [2.24, 2.45) is 16.8 Å². The number of likely N-dealkylation sites (tertiary alicyclic amines) is 1. The lowest BCUT2D eigenvalue weighted by molar-refractivity contribution is -0.145. The van der Waals surface area contributed by atoms with E-state index in [4.69, 9.17) is 14.2 Å². The maximum Gasteiger partial charge on any atom is 0.310 e. The Morgan fingerprint density at radius 2 is 2.03 bits per heavy atom. The van der Waals surface area contributed by atoms with Gasteiger partial charge in [0, 0.05) is 26.7 Å². The Labute approximate surface area is 191 Å². The molecule has 7 nitrogen and oxygen atoms in total. The lowest BCUT2D eigenvalue weighted by Crippen LogP contribution is -2.41. The molecule has 1 saturated heterocycles. The Balaban J connectivity index is 0.00000420. The van der Waals surface area contributed by atoms with Crippen LogP contribution in [-0.2, 0) is 16.0 Å². The number of guanidine groups is 1. The highest BCUT2D eigenvalue weighted by molar-refractivity contribution is 14.0. The fourth-order valence-electron chi connectivity index (χ4n) is 3.57. The van der Waals surface area contributed by atoms with Crippen LogP contribution in [0, 0.1) is 11.8 Å². The third-order valence-electron chi connectivity index (χ3n) is 5.08. The molecule has 2 unspecified atom stereocenters. The predicted octanol–water partition coefficient (Wildman–Crippen LogP) is 2.96. The standard InChI is InChI=1S/C21H33N3O4.HI/c1-6-28-19-12-16(9-10-18(19)26-4)8-7-11-23-21(22-3)24-13-15(2)17(14-24)20(25)27-5;/h9-10,12,15,17H,6-8,11,13-14H2,1-5H3,(H,22,23);1H. The summed E-state index contributed by atoms with van der Waals surface area (Å²) in [6.07, 6.45) is 1.88. The number of methoxy groups -OCH3 is 2. The molecule has 1 heterocycles. The number of esters is 1. The lowest BCUT2D eigenvalue weighted by atomic mass is 9.99. The molecule has 29 heavy (non-hydrogen) atoms. The molecule has 0 aliphatic carbocycles. The number of hydrogen-bond donors (Lipinski definition) is 1. The van der Waals surface area contributed by atoms with Crippen LogP contribution in [0.4, 0.5) is 0 Å². The second-order valence-corrected chi connectivity index (χ2v) is 7.01. The topological polar surface area (TPSA) is 72.4 Å². The van der Waals surface area contributed by atoms with Gasteiger partial charge in [-0.2, -0.15) is 0 Å². The molecular weight excluding hydrogens is 485 g/mol. The van der Waals surface area contributed by atoms with Crippen LogP contribution in [0.1, 0.15) is 25.8 Å². The summed E-state index contributed by atoms with van der Waals surface area (Å²) in [6, 6.07) is 6.06. The van der Waals surface area contributed by atoms with Crippen LogP contribution < -0.4 is 14.8 Å². The van der Waals surface area contributed by atoms with Crippen LogP contribution >= 0.6 is 24.0 Å². The monoisotopic (exact) mass is 519 g/mol. The molecule has 1 aromatic carbocycles. The van der Waals surface area contributed by atoms with Crippen LogP contribution in [0.15, 0.2) is 23.2 Å². The molecule has 1 aliphatic rings. The van der Waals surface area contributed by atoms with Gasteiger partial charge in [0.25, 0.3) is 0 Å². The summed E-state index contributed by atoms with van der Waals surface area (Å²) < 4.78 is 15.9. The van der Waals surface area contributed by atoms with E-state index in [0.29, 0.717) is 13.2 Å². The zero-order chi connectivity index (χ0) is 20.5. The maximum absolute atomic E-state index is 11.9. The van der Waals surface area contributed by atoms with Gasteiger partial charge in [-0.3, -0.25) is 9.79 Å². The molecule has 1 N–H and O–H groups in total. The number of carbonyl (C=O) groups is 1. The summed E-state index contributed by atoms with van der Waals surface area (Å²) >= 11 is 0. The van der Waals surface area contributed by atoms with Crippen molar-refractivity contribution in [2.75, 3.05) is 47.5 Å². The summed E-state index contributed by atoms with van der Waals surface area (Å²) in [5.74, 6) is 2.39. The van der Waals surface area contributed by atoms with Gasteiger partial charge in [0.1, 0.15) is 0 Å². The first-order valence-corrected chi connectivity index (χ1v) is 9.87. The summed E-state index contributed by atoms with van der Waals surface area (Å²) in [7, 11) is 4.87. The van der Waals surface area contributed by atoms with Gasteiger partial charge in [-0.05, 0) is 43.4 Å². The van der Waals surface area contributed by atoms with Crippen molar-refractivity contribution in [3.63, 3.8) is 0 Å². The number of rotatable bonds is 8. The molecule has 2 rings (SSSR count). The average Bonchev–Trinajstić information content (AvgIpc) is 3.09. The first-order valence-electron chi connectivity index (χ1n) is 9.87. The van der Waals surface area contributed by atoms with Gasteiger partial charge in [0.2, 0.25) is 0 Å². The maximum atomic E-state index is 11.9. The highest BCUT2D eigenvalue weighted by Gasteiger charge is 2.36. The fraction of sp³-hybridized carbons (Fsp3) is 0.619. The molecule has 2 atom stereocenters. The second kappa shape index (κ2) is 12.8.